The second-order valence-corrected chi connectivity index (χ2v) is 15.1. The zero-order valence-corrected chi connectivity index (χ0v) is 28.5. The van der Waals surface area contributed by atoms with E-state index in [1.807, 2.05) is 44.2 Å². The molecule has 0 aliphatic rings. The molecule has 0 aromatic heterocycles. The molecule has 0 saturated carbocycles. The lowest BCUT2D eigenvalue weighted by atomic mass is 10.0. The largest absolute Gasteiger partial charge is 0.497 e. The highest BCUT2D eigenvalue weighted by atomic mass is 32.2. The first-order valence-corrected chi connectivity index (χ1v) is 18.1. The molecule has 0 bridgehead atoms. The van der Waals surface area contributed by atoms with Crippen molar-refractivity contribution in [3.63, 3.8) is 0 Å². The van der Waals surface area contributed by atoms with Crippen LogP contribution in [-0.2, 0) is 30.1 Å². The summed E-state index contributed by atoms with van der Waals surface area (Å²) in [4.78, 5) is 10.9. The second-order valence-electron chi connectivity index (χ2n) is 11.0. The van der Waals surface area contributed by atoms with Gasteiger partial charge in [0, 0.05) is 31.3 Å². The van der Waals surface area contributed by atoms with Crippen molar-refractivity contribution in [3.05, 3.63) is 100 Å². The molecule has 0 aliphatic heterocycles. The maximum atomic E-state index is 14.3. The number of ether oxygens (including phenoxy) is 1. The number of nitro groups is 1. The van der Waals surface area contributed by atoms with Gasteiger partial charge in [0.25, 0.3) is 5.69 Å². The van der Waals surface area contributed by atoms with Gasteiger partial charge < -0.3 is 18.9 Å². The number of hydrogen-bond donors (Lipinski definition) is 2. The average molecular weight is 678 g/mol. The van der Waals surface area contributed by atoms with Crippen molar-refractivity contribution in [2.45, 2.75) is 56.9 Å². The molecule has 0 amide bonds. The van der Waals surface area contributed by atoms with Gasteiger partial charge in [0.05, 0.1) is 36.2 Å². The van der Waals surface area contributed by atoms with Crippen LogP contribution in [0.15, 0.2) is 83.8 Å². The second kappa shape index (κ2) is 17.1. The molecule has 252 valence electrons. The monoisotopic (exact) mass is 677 g/mol. The number of methoxy groups -OCH3 is 1. The van der Waals surface area contributed by atoms with E-state index in [1.54, 1.807) is 26.0 Å². The van der Waals surface area contributed by atoms with Crippen LogP contribution in [-0.4, -0.2) is 68.3 Å². The number of nitro benzene ring substituents is 1. The Bertz CT molecular complexity index is 1530. The van der Waals surface area contributed by atoms with Crippen molar-refractivity contribution in [3.8, 4) is 5.75 Å². The molecule has 3 aromatic carbocycles. The van der Waals surface area contributed by atoms with Gasteiger partial charge in [-0.05, 0) is 73.7 Å². The molecule has 46 heavy (non-hydrogen) atoms. The lowest BCUT2D eigenvalue weighted by Gasteiger charge is -2.35. The summed E-state index contributed by atoms with van der Waals surface area (Å²) in [5, 5.41) is 26.4. The number of rotatable bonds is 19. The number of nitrogens with one attached hydrogen (secondary N) is 1. The van der Waals surface area contributed by atoms with Crippen LogP contribution in [0.25, 0.3) is 0 Å². The van der Waals surface area contributed by atoms with Crippen LogP contribution in [0.3, 0.4) is 0 Å². The summed E-state index contributed by atoms with van der Waals surface area (Å²) in [6, 6.07) is 20.0. The summed E-state index contributed by atoms with van der Waals surface area (Å²) >= 11 is 0. The zero-order chi connectivity index (χ0) is 33.9. The van der Waals surface area contributed by atoms with Gasteiger partial charge in [-0.3, -0.25) is 20.0 Å². The van der Waals surface area contributed by atoms with Gasteiger partial charge in [0.15, 0.2) is 0 Å². The molecular weight excluding hydrogens is 633 g/mol. The molecule has 0 spiro atoms. The van der Waals surface area contributed by atoms with Gasteiger partial charge >= 0.3 is 7.60 Å². The van der Waals surface area contributed by atoms with Crippen LogP contribution in [0.5, 0.6) is 5.75 Å². The summed E-state index contributed by atoms with van der Waals surface area (Å²) in [7, 11) is -6.52. The summed E-state index contributed by atoms with van der Waals surface area (Å²) in [5.74, 6) is -0.704. The normalized spacial score (nSPS) is 14.3. The average Bonchev–Trinajstić information content (AvgIpc) is 3.03. The van der Waals surface area contributed by atoms with Gasteiger partial charge in [-0.1, -0.05) is 44.2 Å². The van der Waals surface area contributed by atoms with Gasteiger partial charge in [-0.2, -0.15) is 4.31 Å². The lowest BCUT2D eigenvalue weighted by Crippen LogP contribution is -2.50. The molecule has 14 heteroatoms. The van der Waals surface area contributed by atoms with Crippen molar-refractivity contribution >= 4 is 23.3 Å². The fraction of sp³-hybridized carbons (Fsp3) is 0.438. The molecule has 2 N–H and O–H groups in total. The molecule has 12 nitrogen and oxygen atoms in total. The summed E-state index contributed by atoms with van der Waals surface area (Å²) in [5.41, 5.74) is 1.06. The molecule has 0 heterocycles. The smallest absolute Gasteiger partial charge is 0.351 e. The predicted molar refractivity (Wildman–Crippen MR) is 176 cm³/mol. The molecule has 3 aromatic rings. The van der Waals surface area contributed by atoms with E-state index >= 15 is 0 Å². The Morgan fingerprint density at radius 2 is 1.52 bits per heavy atom. The maximum absolute atomic E-state index is 14.3. The third kappa shape index (κ3) is 9.92. The quantitative estimate of drug-likeness (QED) is 0.0906. The van der Waals surface area contributed by atoms with E-state index in [0.29, 0.717) is 11.3 Å². The number of aliphatic hydroxyl groups excluding tert-OH is 1. The Labute approximate surface area is 271 Å². The third-order valence-electron chi connectivity index (χ3n) is 7.15. The number of sulfonamides is 1. The van der Waals surface area contributed by atoms with Crippen LogP contribution in [0.1, 0.15) is 44.6 Å². The van der Waals surface area contributed by atoms with Gasteiger partial charge in [0.1, 0.15) is 11.5 Å². The van der Waals surface area contributed by atoms with E-state index in [2.05, 4.69) is 5.32 Å². The Balaban J connectivity index is 2.07. The van der Waals surface area contributed by atoms with Crippen molar-refractivity contribution in [1.82, 2.24) is 9.62 Å². The number of aliphatic hydroxyl groups is 1. The molecule has 0 aliphatic carbocycles. The van der Waals surface area contributed by atoms with Gasteiger partial charge in [-0.25, -0.2) is 8.42 Å². The third-order valence-corrected chi connectivity index (χ3v) is 11.3. The molecule has 3 atom stereocenters. The van der Waals surface area contributed by atoms with Crippen LogP contribution in [0.4, 0.5) is 5.69 Å². The minimum atomic E-state index is -4.04. The van der Waals surface area contributed by atoms with Crippen molar-refractivity contribution in [1.29, 1.82) is 0 Å². The fourth-order valence-electron chi connectivity index (χ4n) is 4.98. The fourth-order valence-corrected chi connectivity index (χ4v) is 8.61. The standard InChI is InChI=1S/C32H44N3O9PS/c1-6-43-45(39,44-7-2)32(26-13-15-27(16-14-26)35(37)38)33-30(21-25-11-9-8-10-12-25)31(36)23-34(22-24(3)4)46(40,41)29-19-17-28(42-5)18-20-29/h8-20,24,30-33,36H,6-7,21-23H2,1-5H3/t30-,31+,32?/m0/s1. The molecule has 1 unspecified atom stereocenters. The Kier molecular flexibility index (Phi) is 13.9. The molecular formula is C32H44N3O9PS. The van der Waals surface area contributed by atoms with E-state index < -0.39 is 40.5 Å². The highest BCUT2D eigenvalue weighted by Crippen LogP contribution is 2.60. The molecule has 0 fully saturated rings. The first-order valence-electron chi connectivity index (χ1n) is 15.1. The van der Waals surface area contributed by atoms with Crippen molar-refractivity contribution in [2.24, 2.45) is 5.92 Å². The first-order chi connectivity index (χ1) is 21.8. The highest BCUT2D eigenvalue weighted by Gasteiger charge is 2.40. The summed E-state index contributed by atoms with van der Waals surface area (Å²) < 4.78 is 59.8. The molecule has 3 rings (SSSR count). The first kappa shape index (κ1) is 37.3. The minimum absolute atomic E-state index is 0.0506. The number of non-ortho nitro benzene ring substituents is 1. The molecule has 0 radical (unpaired) electrons. The van der Waals surface area contributed by atoms with E-state index in [-0.39, 0.29) is 49.2 Å². The van der Waals surface area contributed by atoms with Gasteiger partial charge in [-0.15, -0.1) is 0 Å². The summed E-state index contributed by atoms with van der Waals surface area (Å²) in [6.07, 6.45) is -1.08. The lowest BCUT2D eigenvalue weighted by molar-refractivity contribution is -0.384. The Morgan fingerprint density at radius 1 is 0.935 bits per heavy atom. The van der Waals surface area contributed by atoms with Gasteiger partial charge in [0.2, 0.25) is 10.0 Å². The summed E-state index contributed by atoms with van der Waals surface area (Å²) in [6.45, 7) is 7.06. The van der Waals surface area contributed by atoms with Crippen molar-refractivity contribution in [2.75, 3.05) is 33.4 Å². The van der Waals surface area contributed by atoms with Crippen LogP contribution in [0.2, 0.25) is 0 Å². The number of benzene rings is 3. The van der Waals surface area contributed by atoms with E-state index in [9.17, 15) is 28.2 Å². The van der Waals surface area contributed by atoms with Crippen LogP contribution >= 0.6 is 7.60 Å². The number of nitrogens with zero attached hydrogens (tertiary/aromatic N) is 2. The van der Waals surface area contributed by atoms with Crippen LogP contribution in [0, 0.1) is 16.0 Å². The number of hydrogen-bond acceptors (Lipinski definition) is 10. The van der Waals surface area contributed by atoms with E-state index in [1.165, 1.54) is 47.8 Å². The SMILES string of the molecule is CCOP(=O)(OCC)C(N[C@@H](Cc1ccccc1)[C@H](O)CN(CC(C)C)S(=O)(=O)c1ccc(OC)cc1)c1ccc([N+](=O)[O-])cc1. The topological polar surface area (TPSA) is 158 Å². The van der Waals surface area contributed by atoms with E-state index in [0.717, 1.165) is 5.56 Å². The maximum Gasteiger partial charge on any atom is 0.351 e. The Hall–Kier alpha value is -3.16. The van der Waals surface area contributed by atoms with Crippen molar-refractivity contribution < 1.29 is 36.8 Å². The van der Waals surface area contributed by atoms with E-state index in [4.69, 9.17) is 13.8 Å². The zero-order valence-electron chi connectivity index (χ0n) is 26.8. The highest BCUT2D eigenvalue weighted by molar-refractivity contribution is 7.89. The van der Waals surface area contributed by atoms with Crippen LogP contribution < -0.4 is 10.1 Å². The minimum Gasteiger partial charge on any atom is -0.497 e. The molecule has 0 saturated heterocycles. The Morgan fingerprint density at radius 3 is 2.02 bits per heavy atom. The predicted octanol–water partition coefficient (Wildman–Crippen LogP) is 5.78.